The number of carbonyl (C=O) groups is 2. The number of rotatable bonds is 7. The molecule has 2 heterocycles. The number of likely N-dealkylation sites (tertiary alicyclic amines) is 1. The number of methoxy groups -OCH3 is 1. The van der Waals surface area contributed by atoms with Gasteiger partial charge in [-0.3, -0.25) is 9.59 Å². The van der Waals surface area contributed by atoms with Gasteiger partial charge in [0, 0.05) is 26.7 Å². The van der Waals surface area contributed by atoms with Crippen molar-refractivity contribution in [1.29, 1.82) is 0 Å². The van der Waals surface area contributed by atoms with Gasteiger partial charge in [-0.1, -0.05) is 35.5 Å². The minimum Gasteiger partial charge on any atom is -0.383 e. The average Bonchev–Trinajstić information content (AvgIpc) is 3.50. The molecule has 1 saturated heterocycles. The summed E-state index contributed by atoms with van der Waals surface area (Å²) >= 11 is 0. The van der Waals surface area contributed by atoms with E-state index in [1.54, 1.807) is 13.3 Å². The van der Waals surface area contributed by atoms with Gasteiger partial charge in [-0.25, -0.2) is 4.68 Å². The van der Waals surface area contributed by atoms with Crippen molar-refractivity contribution in [3.8, 4) is 0 Å². The third kappa shape index (κ3) is 3.60. The Bertz CT molecular complexity index is 977. The summed E-state index contributed by atoms with van der Waals surface area (Å²) in [5.74, 6) is 0.0722. The maximum Gasteiger partial charge on any atom is 0.273 e. The van der Waals surface area contributed by atoms with Crippen LogP contribution in [-0.4, -0.2) is 65.1 Å². The first-order valence-corrected chi connectivity index (χ1v) is 11.6. The number of hydrogen-bond donors (Lipinski definition) is 1. The van der Waals surface area contributed by atoms with Crippen molar-refractivity contribution in [2.24, 2.45) is 5.41 Å². The van der Waals surface area contributed by atoms with Gasteiger partial charge in [0.05, 0.1) is 24.3 Å². The highest BCUT2D eigenvalue weighted by Crippen LogP contribution is 2.57. The Balaban J connectivity index is 1.21. The lowest BCUT2D eigenvalue weighted by atomic mass is 9.59. The van der Waals surface area contributed by atoms with Crippen molar-refractivity contribution in [1.82, 2.24) is 25.2 Å². The molecule has 5 rings (SSSR count). The lowest BCUT2D eigenvalue weighted by Gasteiger charge is -2.53. The molecule has 32 heavy (non-hydrogen) atoms. The zero-order valence-corrected chi connectivity index (χ0v) is 18.6. The summed E-state index contributed by atoms with van der Waals surface area (Å²) < 4.78 is 6.84. The quantitative estimate of drug-likeness (QED) is 0.672. The van der Waals surface area contributed by atoms with Gasteiger partial charge < -0.3 is 15.0 Å². The van der Waals surface area contributed by atoms with Gasteiger partial charge in [-0.15, -0.1) is 5.10 Å². The predicted octanol–water partition coefficient (Wildman–Crippen LogP) is 2.33. The summed E-state index contributed by atoms with van der Waals surface area (Å²) in [6.45, 7) is 2.50. The third-order valence-corrected chi connectivity index (χ3v) is 7.81. The van der Waals surface area contributed by atoms with Crippen molar-refractivity contribution in [3.63, 3.8) is 0 Å². The second kappa shape index (κ2) is 8.31. The molecule has 2 amide bonds. The molecule has 1 aromatic carbocycles. The number of benzene rings is 1. The van der Waals surface area contributed by atoms with Crippen LogP contribution in [0.2, 0.25) is 0 Å². The fourth-order valence-corrected chi connectivity index (χ4v) is 5.53. The van der Waals surface area contributed by atoms with Crippen molar-refractivity contribution in [2.75, 3.05) is 33.4 Å². The SMILES string of the molecule is COCCNC(=O)c1cn(C2CCC23CCN(C(=O)C2(c4ccccc4)CC2)CC3)nn1. The molecule has 0 bridgehead atoms. The number of nitrogens with one attached hydrogen (secondary N) is 1. The van der Waals surface area contributed by atoms with Crippen LogP contribution in [0, 0.1) is 5.41 Å². The van der Waals surface area contributed by atoms with Crippen molar-refractivity contribution >= 4 is 11.8 Å². The van der Waals surface area contributed by atoms with Gasteiger partial charge in [0.25, 0.3) is 5.91 Å². The van der Waals surface area contributed by atoms with Crippen LogP contribution in [0.5, 0.6) is 0 Å². The first kappa shape index (κ1) is 21.1. The minimum atomic E-state index is -0.290. The molecule has 2 saturated carbocycles. The first-order chi connectivity index (χ1) is 15.6. The molecule has 1 aromatic heterocycles. The van der Waals surface area contributed by atoms with Crippen molar-refractivity contribution in [3.05, 3.63) is 47.8 Å². The van der Waals surface area contributed by atoms with Crippen LogP contribution in [0.25, 0.3) is 0 Å². The average molecular weight is 438 g/mol. The van der Waals surface area contributed by atoms with E-state index in [0.717, 1.165) is 57.2 Å². The molecular formula is C24H31N5O3. The third-order valence-electron chi connectivity index (χ3n) is 7.81. The molecule has 1 aliphatic heterocycles. The van der Waals surface area contributed by atoms with Crippen LogP contribution in [0.1, 0.15) is 60.6 Å². The number of ether oxygens (including phenoxy) is 1. The van der Waals surface area contributed by atoms with Crippen LogP contribution in [0.3, 0.4) is 0 Å². The van der Waals surface area contributed by atoms with E-state index >= 15 is 0 Å². The number of carbonyl (C=O) groups excluding carboxylic acids is 2. The van der Waals surface area contributed by atoms with Crippen LogP contribution in [-0.2, 0) is 14.9 Å². The topological polar surface area (TPSA) is 89.4 Å². The van der Waals surface area contributed by atoms with E-state index in [2.05, 4.69) is 32.7 Å². The number of aromatic nitrogens is 3. The maximum absolute atomic E-state index is 13.4. The monoisotopic (exact) mass is 437 g/mol. The molecule has 170 valence electrons. The van der Waals surface area contributed by atoms with Crippen LogP contribution in [0.15, 0.2) is 36.5 Å². The molecule has 2 aliphatic carbocycles. The van der Waals surface area contributed by atoms with E-state index in [9.17, 15) is 9.59 Å². The highest BCUT2D eigenvalue weighted by atomic mass is 16.5. The minimum absolute atomic E-state index is 0.151. The predicted molar refractivity (Wildman–Crippen MR) is 118 cm³/mol. The zero-order chi connectivity index (χ0) is 22.2. The summed E-state index contributed by atoms with van der Waals surface area (Å²) in [5.41, 5.74) is 1.36. The zero-order valence-electron chi connectivity index (χ0n) is 18.6. The van der Waals surface area contributed by atoms with E-state index in [4.69, 9.17) is 4.74 Å². The molecular weight excluding hydrogens is 406 g/mol. The molecule has 8 nitrogen and oxygen atoms in total. The number of piperidine rings is 1. The van der Waals surface area contributed by atoms with E-state index in [-0.39, 0.29) is 22.8 Å². The molecule has 1 atom stereocenters. The fourth-order valence-electron chi connectivity index (χ4n) is 5.53. The summed E-state index contributed by atoms with van der Waals surface area (Å²) in [6.07, 6.45) is 7.80. The van der Waals surface area contributed by atoms with E-state index in [1.165, 1.54) is 0 Å². The van der Waals surface area contributed by atoms with E-state index in [0.29, 0.717) is 24.8 Å². The smallest absolute Gasteiger partial charge is 0.273 e. The Kier molecular flexibility index (Phi) is 5.49. The lowest BCUT2D eigenvalue weighted by Crippen LogP contribution is -2.53. The molecule has 1 spiro atoms. The second-order valence-corrected chi connectivity index (χ2v) is 9.49. The molecule has 1 N–H and O–H groups in total. The second-order valence-electron chi connectivity index (χ2n) is 9.49. The Morgan fingerprint density at radius 2 is 1.88 bits per heavy atom. The molecule has 8 heteroatoms. The highest BCUT2D eigenvalue weighted by Gasteiger charge is 2.55. The number of amides is 2. The lowest BCUT2D eigenvalue weighted by molar-refractivity contribution is -0.139. The normalized spacial score (nSPS) is 22.9. The molecule has 3 aliphatic rings. The van der Waals surface area contributed by atoms with Crippen molar-refractivity contribution < 1.29 is 14.3 Å². The summed E-state index contributed by atoms with van der Waals surface area (Å²) in [7, 11) is 1.60. The Hall–Kier alpha value is -2.74. The van der Waals surface area contributed by atoms with Crippen molar-refractivity contribution in [2.45, 2.75) is 50.0 Å². The standard InChI is InChI=1S/C24H31N5O3/c1-32-16-13-25-21(30)19-17-29(27-26-19)20-7-8-23(20)11-14-28(15-12-23)22(31)24(9-10-24)18-5-3-2-4-6-18/h2-6,17,20H,7-16H2,1H3,(H,25,30). The molecule has 2 aromatic rings. The largest absolute Gasteiger partial charge is 0.383 e. The van der Waals surface area contributed by atoms with Gasteiger partial charge in [0.1, 0.15) is 0 Å². The van der Waals surface area contributed by atoms with Crippen LogP contribution in [0.4, 0.5) is 0 Å². The Labute approximate surface area is 188 Å². The van der Waals surface area contributed by atoms with Crippen LogP contribution >= 0.6 is 0 Å². The van der Waals surface area contributed by atoms with E-state index < -0.39 is 0 Å². The maximum atomic E-state index is 13.4. The van der Waals surface area contributed by atoms with Gasteiger partial charge in [-0.05, 0) is 49.5 Å². The summed E-state index contributed by atoms with van der Waals surface area (Å²) in [6, 6.07) is 10.5. The Morgan fingerprint density at radius 1 is 1.12 bits per heavy atom. The van der Waals surface area contributed by atoms with Gasteiger partial charge in [-0.2, -0.15) is 0 Å². The van der Waals surface area contributed by atoms with Gasteiger partial charge in [0.15, 0.2) is 5.69 Å². The molecule has 0 radical (unpaired) electrons. The number of hydrogen-bond acceptors (Lipinski definition) is 5. The molecule has 3 fully saturated rings. The number of nitrogens with zero attached hydrogens (tertiary/aromatic N) is 4. The molecule has 1 unspecified atom stereocenters. The highest BCUT2D eigenvalue weighted by molar-refractivity contribution is 5.92. The summed E-state index contributed by atoms with van der Waals surface area (Å²) in [4.78, 5) is 27.7. The Morgan fingerprint density at radius 3 is 2.50 bits per heavy atom. The van der Waals surface area contributed by atoms with Crippen LogP contribution < -0.4 is 5.32 Å². The van der Waals surface area contributed by atoms with E-state index in [1.807, 2.05) is 22.9 Å². The van der Waals surface area contributed by atoms with Gasteiger partial charge in [0.2, 0.25) is 5.91 Å². The fraction of sp³-hybridized carbons (Fsp3) is 0.583. The summed E-state index contributed by atoms with van der Waals surface area (Å²) in [5, 5.41) is 11.1. The first-order valence-electron chi connectivity index (χ1n) is 11.6. The van der Waals surface area contributed by atoms with Gasteiger partial charge >= 0.3 is 0 Å².